The molecule has 3 amide bonds. The van der Waals surface area contributed by atoms with Crippen LogP contribution >= 0.6 is 0 Å². The van der Waals surface area contributed by atoms with E-state index in [1.54, 1.807) is 18.2 Å². The summed E-state index contributed by atoms with van der Waals surface area (Å²) < 4.78 is 10.7. The van der Waals surface area contributed by atoms with Gasteiger partial charge in [0.25, 0.3) is 0 Å². The third-order valence-electron chi connectivity index (χ3n) is 6.90. The number of likely N-dealkylation sites (tertiary alicyclic amines) is 1. The zero-order valence-electron chi connectivity index (χ0n) is 20.2. The quantitative estimate of drug-likeness (QED) is 0.530. The fourth-order valence-corrected chi connectivity index (χ4v) is 4.88. The molecule has 2 N–H and O–H groups in total. The first-order chi connectivity index (χ1) is 17.5. The molecule has 1 unspecified atom stereocenters. The van der Waals surface area contributed by atoms with Crippen LogP contribution in [0.25, 0.3) is 10.8 Å². The van der Waals surface area contributed by atoms with Crippen molar-refractivity contribution < 1.29 is 23.9 Å². The van der Waals surface area contributed by atoms with Gasteiger partial charge in [0.2, 0.25) is 12.7 Å². The number of carbonyl (C=O) groups is 3. The van der Waals surface area contributed by atoms with Crippen LogP contribution in [0.4, 0.5) is 5.69 Å². The normalized spacial score (nSPS) is 16.0. The van der Waals surface area contributed by atoms with Crippen LogP contribution in [0.5, 0.6) is 11.5 Å². The van der Waals surface area contributed by atoms with E-state index in [1.807, 2.05) is 49.4 Å². The highest BCUT2D eigenvalue weighted by Crippen LogP contribution is 2.34. The molecule has 2 aliphatic heterocycles. The first kappa shape index (κ1) is 23.7. The van der Waals surface area contributed by atoms with Crippen molar-refractivity contribution in [2.24, 2.45) is 5.92 Å². The maximum atomic E-state index is 12.9. The van der Waals surface area contributed by atoms with Crippen molar-refractivity contribution in [2.45, 2.75) is 32.2 Å². The molecule has 0 aromatic heterocycles. The molecule has 0 aliphatic carbocycles. The molecule has 1 saturated heterocycles. The van der Waals surface area contributed by atoms with Gasteiger partial charge in [-0.15, -0.1) is 0 Å². The van der Waals surface area contributed by atoms with Crippen molar-refractivity contribution in [1.29, 1.82) is 0 Å². The molecular formula is C28H29N3O5. The summed E-state index contributed by atoms with van der Waals surface area (Å²) in [6.45, 7) is 2.88. The molecule has 0 spiro atoms. The van der Waals surface area contributed by atoms with Gasteiger partial charge in [-0.2, -0.15) is 0 Å². The number of hydrogen-bond acceptors (Lipinski definition) is 5. The van der Waals surface area contributed by atoms with Crippen molar-refractivity contribution in [3.8, 4) is 11.5 Å². The SMILES string of the molecule is CCC(NC(=O)C(=O)N1CCC(C(=O)Nc2ccc3c(c2)OCO3)CC1)c1cccc2ccccc12. The Labute approximate surface area is 209 Å². The average Bonchev–Trinajstić information content (AvgIpc) is 3.39. The minimum absolute atomic E-state index is 0.104. The summed E-state index contributed by atoms with van der Waals surface area (Å²) in [5.74, 6) is -0.243. The van der Waals surface area contributed by atoms with Gasteiger partial charge in [-0.3, -0.25) is 14.4 Å². The topological polar surface area (TPSA) is 97.0 Å². The van der Waals surface area contributed by atoms with Crippen LogP contribution < -0.4 is 20.1 Å². The van der Waals surface area contributed by atoms with Crippen LogP contribution in [0.3, 0.4) is 0 Å². The van der Waals surface area contributed by atoms with E-state index in [0.717, 1.165) is 16.3 Å². The number of nitrogens with one attached hydrogen (secondary N) is 2. The van der Waals surface area contributed by atoms with E-state index in [0.29, 0.717) is 49.5 Å². The second-order valence-electron chi connectivity index (χ2n) is 9.13. The Morgan fingerprint density at radius 3 is 2.53 bits per heavy atom. The number of nitrogens with zero attached hydrogens (tertiary/aromatic N) is 1. The van der Waals surface area contributed by atoms with Crippen molar-refractivity contribution in [3.05, 3.63) is 66.2 Å². The second-order valence-corrected chi connectivity index (χ2v) is 9.13. The fourth-order valence-electron chi connectivity index (χ4n) is 4.88. The molecule has 2 heterocycles. The minimum atomic E-state index is -0.613. The Morgan fingerprint density at radius 1 is 0.972 bits per heavy atom. The molecule has 2 aliphatic rings. The van der Waals surface area contributed by atoms with Gasteiger partial charge in [0.05, 0.1) is 6.04 Å². The Morgan fingerprint density at radius 2 is 1.72 bits per heavy atom. The van der Waals surface area contributed by atoms with Crippen LogP contribution in [0, 0.1) is 5.92 Å². The Kier molecular flexibility index (Phi) is 6.75. The third-order valence-corrected chi connectivity index (χ3v) is 6.90. The van der Waals surface area contributed by atoms with Crippen LogP contribution in [0.2, 0.25) is 0 Å². The summed E-state index contributed by atoms with van der Waals surface area (Å²) in [5, 5.41) is 8.00. The number of fused-ring (bicyclic) bond motifs is 2. The predicted molar refractivity (Wildman–Crippen MR) is 136 cm³/mol. The number of rotatable bonds is 5. The van der Waals surface area contributed by atoms with E-state index in [9.17, 15) is 14.4 Å². The molecule has 3 aromatic rings. The fraction of sp³-hybridized carbons (Fsp3) is 0.321. The van der Waals surface area contributed by atoms with Crippen LogP contribution in [0.15, 0.2) is 60.7 Å². The Bertz CT molecular complexity index is 1290. The summed E-state index contributed by atoms with van der Waals surface area (Å²) in [6, 6.07) is 19.0. The van der Waals surface area contributed by atoms with Crippen LogP contribution in [-0.4, -0.2) is 42.5 Å². The van der Waals surface area contributed by atoms with E-state index < -0.39 is 11.8 Å². The maximum absolute atomic E-state index is 12.9. The van der Waals surface area contributed by atoms with E-state index in [1.165, 1.54) is 4.90 Å². The Hall–Kier alpha value is -4.07. The summed E-state index contributed by atoms with van der Waals surface area (Å²) >= 11 is 0. The number of piperidine rings is 1. The van der Waals surface area contributed by atoms with Gasteiger partial charge < -0.3 is 25.0 Å². The highest BCUT2D eigenvalue weighted by molar-refractivity contribution is 6.35. The molecule has 8 heteroatoms. The van der Waals surface area contributed by atoms with Gasteiger partial charge in [-0.1, -0.05) is 49.4 Å². The number of amides is 3. The first-order valence-electron chi connectivity index (χ1n) is 12.3. The summed E-state index contributed by atoms with van der Waals surface area (Å²) in [5.41, 5.74) is 1.64. The van der Waals surface area contributed by atoms with Crippen molar-refractivity contribution in [3.63, 3.8) is 0 Å². The lowest BCUT2D eigenvalue weighted by Crippen LogP contribution is -2.48. The molecule has 0 radical (unpaired) electrons. The monoisotopic (exact) mass is 487 g/mol. The summed E-state index contributed by atoms with van der Waals surface area (Å²) in [6.07, 6.45) is 1.65. The molecule has 36 heavy (non-hydrogen) atoms. The highest BCUT2D eigenvalue weighted by Gasteiger charge is 2.31. The molecule has 8 nitrogen and oxygen atoms in total. The highest BCUT2D eigenvalue weighted by atomic mass is 16.7. The van der Waals surface area contributed by atoms with E-state index in [-0.39, 0.29) is 24.7 Å². The van der Waals surface area contributed by atoms with E-state index >= 15 is 0 Å². The molecule has 5 rings (SSSR count). The standard InChI is InChI=1S/C28H29N3O5/c1-2-23(22-9-5-7-18-6-3-4-8-21(18)22)30-27(33)28(34)31-14-12-19(13-15-31)26(32)29-20-10-11-24-25(16-20)36-17-35-24/h3-11,16,19,23H,2,12-15,17H2,1H3,(H,29,32)(H,30,33). The first-order valence-corrected chi connectivity index (χ1v) is 12.3. The van der Waals surface area contributed by atoms with Crippen LogP contribution in [-0.2, 0) is 14.4 Å². The third kappa shape index (κ3) is 4.84. The lowest BCUT2D eigenvalue weighted by molar-refractivity contribution is -0.147. The van der Waals surface area contributed by atoms with Crippen molar-refractivity contribution >= 4 is 34.2 Å². The van der Waals surface area contributed by atoms with Gasteiger partial charge in [0.15, 0.2) is 11.5 Å². The number of ether oxygens (including phenoxy) is 2. The molecule has 1 atom stereocenters. The summed E-state index contributed by atoms with van der Waals surface area (Å²) in [4.78, 5) is 40.1. The minimum Gasteiger partial charge on any atom is -0.454 e. The van der Waals surface area contributed by atoms with E-state index in [2.05, 4.69) is 10.6 Å². The average molecular weight is 488 g/mol. The van der Waals surface area contributed by atoms with Gasteiger partial charge in [-0.25, -0.2) is 0 Å². The molecule has 0 saturated carbocycles. The van der Waals surface area contributed by atoms with Crippen LogP contribution in [0.1, 0.15) is 37.8 Å². The van der Waals surface area contributed by atoms with Gasteiger partial charge in [0.1, 0.15) is 0 Å². The lowest BCUT2D eigenvalue weighted by atomic mass is 9.95. The molecule has 186 valence electrons. The number of hydrogen-bond donors (Lipinski definition) is 2. The van der Waals surface area contributed by atoms with Gasteiger partial charge >= 0.3 is 11.8 Å². The van der Waals surface area contributed by atoms with Crippen molar-refractivity contribution in [2.75, 3.05) is 25.2 Å². The van der Waals surface area contributed by atoms with Gasteiger partial charge in [-0.05, 0) is 47.7 Å². The Balaban J connectivity index is 1.16. The maximum Gasteiger partial charge on any atom is 0.311 e. The number of benzene rings is 3. The zero-order valence-corrected chi connectivity index (χ0v) is 20.2. The number of anilines is 1. The lowest BCUT2D eigenvalue weighted by Gasteiger charge is -2.31. The van der Waals surface area contributed by atoms with E-state index in [4.69, 9.17) is 9.47 Å². The smallest absolute Gasteiger partial charge is 0.311 e. The number of carbonyl (C=O) groups excluding carboxylic acids is 3. The molecule has 0 bridgehead atoms. The molecule has 3 aromatic carbocycles. The van der Waals surface area contributed by atoms with Gasteiger partial charge in [0, 0.05) is 30.8 Å². The zero-order chi connectivity index (χ0) is 25.1. The molecule has 1 fully saturated rings. The largest absolute Gasteiger partial charge is 0.454 e. The molecular weight excluding hydrogens is 458 g/mol. The van der Waals surface area contributed by atoms with Crippen molar-refractivity contribution in [1.82, 2.24) is 10.2 Å². The second kappa shape index (κ2) is 10.3. The predicted octanol–water partition coefficient (Wildman–Crippen LogP) is 4.01. The summed E-state index contributed by atoms with van der Waals surface area (Å²) in [7, 11) is 0.